The van der Waals surface area contributed by atoms with Crippen LogP contribution in [0.2, 0.25) is 0 Å². The van der Waals surface area contributed by atoms with Crippen molar-refractivity contribution in [2.45, 2.75) is 53.1 Å². The second-order valence-electron chi connectivity index (χ2n) is 7.32. The molecule has 0 aromatic carbocycles. The van der Waals surface area contributed by atoms with Gasteiger partial charge in [0.15, 0.2) is 0 Å². The molecular weight excluding hydrogens is 290 g/mol. The fraction of sp³-hybridized carbons (Fsp3) is 0.611. The molecule has 0 aliphatic carbocycles. The lowest BCUT2D eigenvalue weighted by molar-refractivity contribution is 0.0575. The second kappa shape index (κ2) is 7.11. The van der Waals surface area contributed by atoms with Crippen molar-refractivity contribution in [3.05, 3.63) is 23.9 Å². The molecule has 1 aliphatic heterocycles. The van der Waals surface area contributed by atoms with Crippen LogP contribution in [0, 0.1) is 5.92 Å². The highest BCUT2D eigenvalue weighted by Crippen LogP contribution is 2.20. The molecule has 23 heavy (non-hydrogen) atoms. The highest BCUT2D eigenvalue weighted by atomic mass is 16.6. The van der Waals surface area contributed by atoms with Crippen LogP contribution < -0.4 is 4.90 Å². The first-order chi connectivity index (χ1) is 10.8. The maximum Gasteiger partial charge on any atom is 0.416 e. The van der Waals surface area contributed by atoms with Crippen LogP contribution in [0.25, 0.3) is 0 Å². The molecule has 5 nitrogen and oxygen atoms in total. The fourth-order valence-electron chi connectivity index (χ4n) is 2.44. The summed E-state index contributed by atoms with van der Waals surface area (Å²) in [7, 11) is 0. The largest absolute Gasteiger partial charge is 0.443 e. The number of nitrogens with zero attached hydrogens (tertiary/aromatic N) is 3. The van der Waals surface area contributed by atoms with E-state index in [1.807, 2.05) is 32.9 Å². The first-order valence-electron chi connectivity index (χ1n) is 8.26. The molecule has 1 amide bonds. The topological polar surface area (TPSA) is 54.8 Å². The number of anilines is 1. The van der Waals surface area contributed by atoms with Gasteiger partial charge in [0.2, 0.25) is 0 Å². The van der Waals surface area contributed by atoms with E-state index < -0.39 is 5.60 Å². The maximum atomic E-state index is 12.5. The molecular formula is C18H27N3O2. The molecule has 0 saturated heterocycles. The average Bonchev–Trinajstić information content (AvgIpc) is 2.97. The molecule has 0 spiro atoms. The minimum atomic E-state index is -0.523. The van der Waals surface area contributed by atoms with Crippen molar-refractivity contribution in [3.8, 4) is 0 Å². The van der Waals surface area contributed by atoms with Crippen LogP contribution in [0.15, 0.2) is 23.3 Å². The van der Waals surface area contributed by atoms with Gasteiger partial charge in [0.05, 0.1) is 0 Å². The van der Waals surface area contributed by atoms with Gasteiger partial charge >= 0.3 is 6.09 Å². The lowest BCUT2D eigenvalue weighted by Gasteiger charge is -2.28. The molecule has 0 fully saturated rings. The average molecular weight is 317 g/mol. The number of rotatable bonds is 4. The first-order valence-corrected chi connectivity index (χ1v) is 8.26. The Balaban J connectivity index is 2.19. The Labute approximate surface area is 138 Å². The third kappa shape index (κ3) is 5.05. The normalized spacial score (nSPS) is 14.8. The van der Waals surface area contributed by atoms with E-state index in [0.717, 1.165) is 30.7 Å². The van der Waals surface area contributed by atoms with Crippen molar-refractivity contribution in [3.63, 3.8) is 0 Å². The van der Waals surface area contributed by atoms with Crippen LogP contribution in [0.4, 0.5) is 10.6 Å². The highest BCUT2D eigenvalue weighted by Gasteiger charge is 2.25. The van der Waals surface area contributed by atoms with Crippen LogP contribution in [0.1, 0.15) is 53.0 Å². The third-order valence-corrected chi connectivity index (χ3v) is 3.39. The summed E-state index contributed by atoms with van der Waals surface area (Å²) in [6, 6.07) is 3.87. The van der Waals surface area contributed by atoms with Gasteiger partial charge in [-0.15, -0.1) is 0 Å². The molecule has 0 saturated carbocycles. The molecule has 126 valence electrons. The maximum absolute atomic E-state index is 12.5. The molecule has 1 aromatic heterocycles. The minimum Gasteiger partial charge on any atom is -0.443 e. The van der Waals surface area contributed by atoms with Crippen LogP contribution in [0.3, 0.4) is 0 Å². The molecule has 0 radical (unpaired) electrons. The van der Waals surface area contributed by atoms with E-state index in [-0.39, 0.29) is 6.09 Å². The molecule has 0 N–H and O–H groups in total. The predicted molar refractivity (Wildman–Crippen MR) is 93.3 cm³/mol. The van der Waals surface area contributed by atoms with Gasteiger partial charge in [-0.1, -0.05) is 13.8 Å². The van der Waals surface area contributed by atoms with E-state index >= 15 is 0 Å². The van der Waals surface area contributed by atoms with Gasteiger partial charge in [0.1, 0.15) is 11.4 Å². The van der Waals surface area contributed by atoms with Crippen molar-refractivity contribution in [1.29, 1.82) is 0 Å². The predicted octanol–water partition coefficient (Wildman–Crippen LogP) is 4.06. The van der Waals surface area contributed by atoms with Crippen molar-refractivity contribution >= 4 is 17.6 Å². The summed E-state index contributed by atoms with van der Waals surface area (Å²) in [5, 5.41) is 0. The van der Waals surface area contributed by atoms with E-state index in [1.54, 1.807) is 11.1 Å². The summed E-state index contributed by atoms with van der Waals surface area (Å²) in [6.45, 7) is 11.2. The van der Waals surface area contributed by atoms with Crippen molar-refractivity contribution in [1.82, 2.24) is 4.98 Å². The van der Waals surface area contributed by atoms with E-state index in [9.17, 15) is 4.79 Å². The molecule has 1 aliphatic rings. The lowest BCUT2D eigenvalue weighted by Crippen LogP contribution is -2.39. The molecule has 1 aromatic rings. The fourth-order valence-corrected chi connectivity index (χ4v) is 2.44. The number of aromatic nitrogens is 1. The number of hydrogen-bond acceptors (Lipinski definition) is 4. The van der Waals surface area contributed by atoms with Gasteiger partial charge in [-0.05, 0) is 51.7 Å². The van der Waals surface area contributed by atoms with Gasteiger partial charge in [-0.3, -0.25) is 9.89 Å². The quantitative estimate of drug-likeness (QED) is 0.841. The molecule has 2 rings (SSSR count). The monoisotopic (exact) mass is 317 g/mol. The van der Waals surface area contributed by atoms with Crippen LogP contribution >= 0.6 is 0 Å². The van der Waals surface area contributed by atoms with Gasteiger partial charge in [-0.25, -0.2) is 9.78 Å². The minimum absolute atomic E-state index is 0.322. The molecule has 0 bridgehead atoms. The summed E-state index contributed by atoms with van der Waals surface area (Å²) in [5.74, 6) is 0.943. The van der Waals surface area contributed by atoms with Gasteiger partial charge in [0, 0.05) is 30.6 Å². The van der Waals surface area contributed by atoms with Crippen LogP contribution in [0.5, 0.6) is 0 Å². The van der Waals surface area contributed by atoms with E-state index in [2.05, 4.69) is 23.8 Å². The Morgan fingerprint density at radius 2 is 2.09 bits per heavy atom. The molecule has 2 heterocycles. The zero-order valence-corrected chi connectivity index (χ0v) is 14.8. The number of ether oxygens (including phenoxy) is 1. The Hall–Kier alpha value is -1.91. The summed E-state index contributed by atoms with van der Waals surface area (Å²) >= 11 is 0. The zero-order valence-electron chi connectivity index (χ0n) is 14.8. The van der Waals surface area contributed by atoms with Crippen LogP contribution in [-0.4, -0.2) is 35.5 Å². The highest BCUT2D eigenvalue weighted by molar-refractivity contribution is 6.01. The van der Waals surface area contributed by atoms with Crippen LogP contribution in [-0.2, 0) is 4.74 Å². The van der Waals surface area contributed by atoms with Crippen molar-refractivity contribution in [2.24, 2.45) is 10.9 Å². The Morgan fingerprint density at radius 3 is 2.57 bits per heavy atom. The van der Waals surface area contributed by atoms with E-state index in [4.69, 9.17) is 4.74 Å². The number of pyridine rings is 1. The SMILES string of the molecule is CC(C)CN(C(=O)OC(C)(C)C)c1ccc(C2=NCCC2)cn1. The lowest BCUT2D eigenvalue weighted by atomic mass is 10.1. The number of amides is 1. The summed E-state index contributed by atoms with van der Waals surface area (Å²) in [5.41, 5.74) is 1.63. The Bertz CT molecular complexity index is 571. The first kappa shape index (κ1) is 17.4. The summed E-state index contributed by atoms with van der Waals surface area (Å²) in [4.78, 5) is 23.0. The van der Waals surface area contributed by atoms with E-state index in [1.165, 1.54) is 0 Å². The second-order valence-corrected chi connectivity index (χ2v) is 7.32. The molecule has 0 unspecified atom stereocenters. The number of carbonyl (C=O) groups is 1. The van der Waals surface area contributed by atoms with Crippen molar-refractivity contribution in [2.75, 3.05) is 18.0 Å². The standard InChI is InChI=1S/C18H27N3O2/c1-13(2)12-21(17(22)23-18(3,4)5)16-9-8-14(11-20-16)15-7-6-10-19-15/h8-9,11,13H,6-7,10,12H2,1-5H3. The van der Waals surface area contributed by atoms with Gasteiger partial charge in [-0.2, -0.15) is 0 Å². The smallest absolute Gasteiger partial charge is 0.416 e. The van der Waals surface area contributed by atoms with E-state index in [0.29, 0.717) is 18.3 Å². The molecule has 5 heteroatoms. The Morgan fingerprint density at radius 1 is 1.35 bits per heavy atom. The summed E-state index contributed by atoms with van der Waals surface area (Å²) < 4.78 is 5.51. The number of hydrogen-bond donors (Lipinski definition) is 0. The Kier molecular flexibility index (Phi) is 5.39. The third-order valence-electron chi connectivity index (χ3n) is 3.39. The number of carbonyl (C=O) groups excluding carboxylic acids is 1. The van der Waals surface area contributed by atoms with Gasteiger partial charge < -0.3 is 4.74 Å². The zero-order chi connectivity index (χ0) is 17.0. The van der Waals surface area contributed by atoms with Gasteiger partial charge in [0.25, 0.3) is 0 Å². The number of aliphatic imine (C=N–C) groups is 1. The summed E-state index contributed by atoms with van der Waals surface area (Å²) in [6.07, 6.45) is 3.55. The van der Waals surface area contributed by atoms with Crippen molar-refractivity contribution < 1.29 is 9.53 Å². The molecule has 0 atom stereocenters.